The van der Waals surface area contributed by atoms with Gasteiger partial charge in [-0.15, -0.1) is 0 Å². The van der Waals surface area contributed by atoms with Crippen LogP contribution in [-0.4, -0.2) is 36.2 Å². The van der Waals surface area contributed by atoms with Crippen LogP contribution in [0.1, 0.15) is 50.0 Å². The summed E-state index contributed by atoms with van der Waals surface area (Å²) >= 11 is 0. The van der Waals surface area contributed by atoms with Crippen molar-refractivity contribution < 1.29 is 23.9 Å². The van der Waals surface area contributed by atoms with Crippen LogP contribution in [0.3, 0.4) is 0 Å². The van der Waals surface area contributed by atoms with Crippen LogP contribution in [0.25, 0.3) is 0 Å². The highest BCUT2D eigenvalue weighted by molar-refractivity contribution is 5.99. The highest BCUT2D eigenvalue weighted by atomic mass is 16.6. The number of hydrogen-bond donors (Lipinski definition) is 1. The van der Waals surface area contributed by atoms with Crippen molar-refractivity contribution >= 4 is 23.7 Å². The largest absolute Gasteiger partial charge is 0.449 e. The van der Waals surface area contributed by atoms with Gasteiger partial charge in [-0.05, 0) is 57.5 Å². The molecule has 0 saturated heterocycles. The molecule has 1 unspecified atom stereocenters. The molecule has 0 fully saturated rings. The summed E-state index contributed by atoms with van der Waals surface area (Å²) in [6.45, 7) is 7.27. The van der Waals surface area contributed by atoms with E-state index in [0.29, 0.717) is 5.69 Å². The Morgan fingerprint density at radius 1 is 1.06 bits per heavy atom. The number of nitriles is 1. The summed E-state index contributed by atoms with van der Waals surface area (Å²) in [6, 6.07) is 17.4. The molecule has 1 atom stereocenters. The molecule has 8 nitrogen and oxygen atoms in total. The molecule has 1 N–H and O–H groups in total. The van der Waals surface area contributed by atoms with Gasteiger partial charge in [-0.3, -0.25) is 4.79 Å². The number of amides is 2. The summed E-state index contributed by atoms with van der Waals surface area (Å²) in [4.78, 5) is 38.6. The Morgan fingerprint density at radius 2 is 1.70 bits per heavy atom. The minimum absolute atomic E-state index is 0.153. The van der Waals surface area contributed by atoms with Gasteiger partial charge >= 0.3 is 12.1 Å². The number of ether oxygens (including phenoxy) is 2. The number of rotatable bonds is 8. The average Bonchev–Trinajstić information content (AvgIpc) is 2.77. The van der Waals surface area contributed by atoms with E-state index in [-0.39, 0.29) is 25.1 Å². The molecule has 8 heteroatoms. The lowest BCUT2D eigenvalue weighted by Crippen LogP contribution is -2.40. The fourth-order valence-electron chi connectivity index (χ4n) is 2.88. The minimum atomic E-state index is -1.04. The molecule has 0 saturated carbocycles. The van der Waals surface area contributed by atoms with Gasteiger partial charge in [-0.25, -0.2) is 9.59 Å². The third-order valence-corrected chi connectivity index (χ3v) is 4.44. The number of carbonyl (C=O) groups excluding carboxylic acids is 3. The molecule has 0 spiro atoms. The maximum atomic E-state index is 12.9. The first-order chi connectivity index (χ1) is 15.6. The van der Waals surface area contributed by atoms with Gasteiger partial charge in [0.05, 0.1) is 18.1 Å². The lowest BCUT2D eigenvalue weighted by molar-refractivity contribution is -0.126. The van der Waals surface area contributed by atoms with Crippen LogP contribution in [0.15, 0.2) is 54.6 Å². The van der Waals surface area contributed by atoms with Crippen molar-refractivity contribution in [1.29, 1.82) is 5.26 Å². The second kappa shape index (κ2) is 11.7. The highest BCUT2D eigenvalue weighted by Gasteiger charge is 2.25. The Hall–Kier alpha value is -3.86. The third-order valence-electron chi connectivity index (χ3n) is 4.44. The van der Waals surface area contributed by atoms with Crippen LogP contribution in [0.5, 0.6) is 0 Å². The second-order valence-corrected chi connectivity index (χ2v) is 8.33. The number of hydrogen-bond acceptors (Lipinski definition) is 6. The number of nitrogens with one attached hydrogen (secondary N) is 1. The summed E-state index contributed by atoms with van der Waals surface area (Å²) in [7, 11) is 0. The quantitative estimate of drug-likeness (QED) is 0.603. The van der Waals surface area contributed by atoms with Crippen molar-refractivity contribution in [3.05, 3.63) is 65.7 Å². The van der Waals surface area contributed by atoms with Crippen molar-refractivity contribution in [3.8, 4) is 6.07 Å². The van der Waals surface area contributed by atoms with E-state index in [2.05, 4.69) is 5.32 Å². The van der Waals surface area contributed by atoms with E-state index < -0.39 is 29.7 Å². The summed E-state index contributed by atoms with van der Waals surface area (Å²) < 4.78 is 10.6. The Kier molecular flexibility index (Phi) is 8.98. The predicted molar refractivity (Wildman–Crippen MR) is 123 cm³/mol. The molecule has 2 rings (SSSR count). The summed E-state index contributed by atoms with van der Waals surface area (Å²) in [5.74, 6) is -1.06. The van der Waals surface area contributed by atoms with Crippen LogP contribution >= 0.6 is 0 Å². The van der Waals surface area contributed by atoms with Gasteiger partial charge in [0.15, 0.2) is 6.10 Å². The molecule has 2 aromatic carbocycles. The number of esters is 1. The maximum Gasteiger partial charge on any atom is 0.407 e. The van der Waals surface area contributed by atoms with Crippen molar-refractivity contribution in [2.75, 3.05) is 11.4 Å². The molecule has 0 aromatic heterocycles. The van der Waals surface area contributed by atoms with Gasteiger partial charge in [0.2, 0.25) is 0 Å². The molecule has 0 aliphatic carbocycles. The second-order valence-electron chi connectivity index (χ2n) is 8.33. The molecular weight excluding hydrogens is 422 g/mol. The van der Waals surface area contributed by atoms with Crippen molar-refractivity contribution in [1.82, 2.24) is 5.32 Å². The lowest BCUT2D eigenvalue weighted by Gasteiger charge is -2.25. The van der Waals surface area contributed by atoms with Crippen molar-refractivity contribution in [2.24, 2.45) is 0 Å². The van der Waals surface area contributed by atoms with Crippen LogP contribution in [0.4, 0.5) is 10.5 Å². The Bertz CT molecular complexity index is 991. The van der Waals surface area contributed by atoms with Gasteiger partial charge < -0.3 is 19.7 Å². The summed E-state index contributed by atoms with van der Waals surface area (Å²) in [6.07, 6.45) is -1.41. The number of anilines is 1. The Labute approximate surface area is 194 Å². The van der Waals surface area contributed by atoms with E-state index in [1.54, 1.807) is 69.3 Å². The Morgan fingerprint density at radius 3 is 2.27 bits per heavy atom. The van der Waals surface area contributed by atoms with Crippen LogP contribution < -0.4 is 10.2 Å². The van der Waals surface area contributed by atoms with E-state index in [4.69, 9.17) is 14.7 Å². The molecule has 2 aromatic rings. The van der Waals surface area contributed by atoms with E-state index in [0.717, 1.165) is 5.56 Å². The smallest absolute Gasteiger partial charge is 0.407 e. The van der Waals surface area contributed by atoms with Gasteiger partial charge in [0.25, 0.3) is 5.91 Å². The zero-order chi connectivity index (χ0) is 24.4. The van der Waals surface area contributed by atoms with Gasteiger partial charge in [0, 0.05) is 18.8 Å². The first-order valence-electron chi connectivity index (χ1n) is 10.6. The lowest BCUT2D eigenvalue weighted by atomic mass is 10.1. The average molecular weight is 452 g/mol. The van der Waals surface area contributed by atoms with Crippen LogP contribution in [0, 0.1) is 11.3 Å². The van der Waals surface area contributed by atoms with E-state index in [9.17, 15) is 14.4 Å². The van der Waals surface area contributed by atoms with E-state index in [1.165, 1.54) is 11.8 Å². The van der Waals surface area contributed by atoms with Gasteiger partial charge in [-0.1, -0.05) is 30.3 Å². The molecular formula is C25H29N3O5. The zero-order valence-corrected chi connectivity index (χ0v) is 19.3. The molecule has 33 heavy (non-hydrogen) atoms. The number of nitrogens with zero attached hydrogens (tertiary/aromatic N) is 2. The fraction of sp³-hybridized carbons (Fsp3) is 0.360. The van der Waals surface area contributed by atoms with Crippen LogP contribution in [-0.2, 0) is 20.8 Å². The molecule has 0 bridgehead atoms. The molecule has 2 amide bonds. The summed E-state index contributed by atoms with van der Waals surface area (Å²) in [5.41, 5.74) is 1.09. The SMILES string of the molecule is CC(OC(=O)c1ccc(CNC(=O)OC(C)(C)C)cc1)C(=O)N(CCC#N)c1ccccc1. The monoisotopic (exact) mass is 451 g/mol. The number of alkyl carbamates (subject to hydrolysis) is 1. The van der Waals surface area contributed by atoms with E-state index in [1.807, 2.05) is 12.1 Å². The maximum absolute atomic E-state index is 12.9. The van der Waals surface area contributed by atoms with Gasteiger partial charge in [-0.2, -0.15) is 5.26 Å². The minimum Gasteiger partial charge on any atom is -0.449 e. The normalized spacial score (nSPS) is 11.6. The van der Waals surface area contributed by atoms with Crippen molar-refractivity contribution in [3.63, 3.8) is 0 Å². The Balaban J connectivity index is 1.97. The number of benzene rings is 2. The number of carbonyl (C=O) groups is 3. The standard InChI is InChI=1S/C25H29N3O5/c1-18(22(29)28(16-8-15-26)21-9-6-5-7-10-21)32-23(30)20-13-11-19(12-14-20)17-27-24(31)33-25(2,3)4/h5-7,9-14,18H,8,16-17H2,1-4H3,(H,27,31). The molecule has 0 aliphatic heterocycles. The zero-order valence-electron chi connectivity index (χ0n) is 19.3. The first-order valence-corrected chi connectivity index (χ1v) is 10.6. The molecule has 174 valence electrons. The highest BCUT2D eigenvalue weighted by Crippen LogP contribution is 2.17. The summed E-state index contributed by atoms with van der Waals surface area (Å²) in [5, 5.41) is 11.6. The molecule has 0 heterocycles. The third kappa shape index (κ3) is 8.30. The van der Waals surface area contributed by atoms with E-state index >= 15 is 0 Å². The molecule has 0 aliphatic rings. The predicted octanol–water partition coefficient (Wildman–Crippen LogP) is 4.20. The molecule has 0 radical (unpaired) electrons. The number of para-hydroxylation sites is 1. The topological polar surface area (TPSA) is 109 Å². The fourth-order valence-corrected chi connectivity index (χ4v) is 2.88. The van der Waals surface area contributed by atoms with Crippen LogP contribution in [0.2, 0.25) is 0 Å². The van der Waals surface area contributed by atoms with Crippen molar-refractivity contribution in [2.45, 2.75) is 52.4 Å². The first kappa shape index (κ1) is 25.4. The van der Waals surface area contributed by atoms with Gasteiger partial charge in [0.1, 0.15) is 5.60 Å².